The summed E-state index contributed by atoms with van der Waals surface area (Å²) in [7, 11) is 0. The monoisotopic (exact) mass is 153 g/mol. The van der Waals surface area contributed by atoms with Gasteiger partial charge in [0.15, 0.2) is 0 Å². The third-order valence-corrected chi connectivity index (χ3v) is 1.72. The highest BCUT2D eigenvalue weighted by Gasteiger charge is 2.44. The van der Waals surface area contributed by atoms with Crippen LogP contribution in [-0.4, -0.2) is 29.3 Å². The number of thiol groups is 1. The fourth-order valence-electron chi connectivity index (χ4n) is 0.812. The molecule has 1 heterocycles. The van der Waals surface area contributed by atoms with E-state index < -0.39 is 5.92 Å². The quantitative estimate of drug-likeness (QED) is 0.554. The topological polar surface area (TPSA) is 3.24 Å². The first kappa shape index (κ1) is 7.28. The van der Waals surface area contributed by atoms with Gasteiger partial charge in [0.2, 0.25) is 0 Å². The fourth-order valence-corrected chi connectivity index (χ4v) is 0.975. The van der Waals surface area contributed by atoms with E-state index in [1.54, 1.807) is 11.8 Å². The van der Waals surface area contributed by atoms with Crippen LogP contribution >= 0.6 is 12.6 Å². The molecule has 0 bridgehead atoms. The van der Waals surface area contributed by atoms with Crippen molar-refractivity contribution < 1.29 is 8.78 Å². The molecule has 4 heteroatoms. The van der Waals surface area contributed by atoms with Crippen molar-refractivity contribution in [3.63, 3.8) is 0 Å². The highest BCUT2D eigenvalue weighted by Crippen LogP contribution is 2.28. The minimum absolute atomic E-state index is 0.0374. The van der Waals surface area contributed by atoms with Gasteiger partial charge in [-0.05, 0) is 6.92 Å². The number of likely N-dealkylation sites (tertiary alicyclic amines) is 1. The normalized spacial score (nSPS) is 29.3. The van der Waals surface area contributed by atoms with Gasteiger partial charge in [0.05, 0.1) is 18.5 Å². The van der Waals surface area contributed by atoms with Crippen molar-refractivity contribution in [1.29, 1.82) is 0 Å². The molecule has 1 fully saturated rings. The largest absolute Gasteiger partial charge is 0.280 e. The first-order valence-electron chi connectivity index (χ1n) is 2.81. The van der Waals surface area contributed by atoms with Gasteiger partial charge < -0.3 is 0 Å². The third kappa shape index (κ3) is 1.55. The van der Waals surface area contributed by atoms with Gasteiger partial charge in [-0.3, -0.25) is 4.90 Å². The van der Waals surface area contributed by atoms with Crippen LogP contribution in [0.1, 0.15) is 6.92 Å². The Morgan fingerprint density at radius 2 is 2.00 bits per heavy atom. The van der Waals surface area contributed by atoms with E-state index in [0.717, 1.165) is 0 Å². The van der Waals surface area contributed by atoms with Gasteiger partial charge in [0.25, 0.3) is 5.92 Å². The van der Waals surface area contributed by atoms with Crippen LogP contribution in [0.2, 0.25) is 0 Å². The predicted molar refractivity (Wildman–Crippen MR) is 35.0 cm³/mol. The molecule has 0 aromatic rings. The molecule has 9 heavy (non-hydrogen) atoms. The standard InChI is InChI=1S/C5H9F2NS/c1-4(9)8-2-5(6,7)3-8/h4,9H,2-3H2,1H3. The van der Waals surface area contributed by atoms with Crippen molar-refractivity contribution in [3.05, 3.63) is 0 Å². The van der Waals surface area contributed by atoms with E-state index >= 15 is 0 Å². The van der Waals surface area contributed by atoms with Crippen LogP contribution in [0.3, 0.4) is 0 Å². The van der Waals surface area contributed by atoms with Gasteiger partial charge in [0, 0.05) is 0 Å². The van der Waals surface area contributed by atoms with Crippen LogP contribution in [0.25, 0.3) is 0 Å². The van der Waals surface area contributed by atoms with Crippen molar-refractivity contribution in [2.75, 3.05) is 13.1 Å². The lowest BCUT2D eigenvalue weighted by Crippen LogP contribution is -2.58. The number of rotatable bonds is 1. The molecule has 1 nitrogen and oxygen atoms in total. The van der Waals surface area contributed by atoms with Gasteiger partial charge in [-0.1, -0.05) is 0 Å². The molecule has 1 unspecified atom stereocenters. The minimum atomic E-state index is -2.45. The highest BCUT2D eigenvalue weighted by molar-refractivity contribution is 7.80. The minimum Gasteiger partial charge on any atom is -0.280 e. The molecule has 1 saturated heterocycles. The van der Waals surface area contributed by atoms with Crippen LogP contribution in [0.15, 0.2) is 0 Å². The molecular weight excluding hydrogens is 144 g/mol. The van der Waals surface area contributed by atoms with Crippen LogP contribution in [0.4, 0.5) is 8.78 Å². The van der Waals surface area contributed by atoms with Gasteiger partial charge in [-0.2, -0.15) is 12.6 Å². The molecule has 0 spiro atoms. The summed E-state index contributed by atoms with van der Waals surface area (Å²) in [6, 6.07) is 0. The lowest BCUT2D eigenvalue weighted by molar-refractivity contribution is -0.132. The highest BCUT2D eigenvalue weighted by atomic mass is 32.1. The Morgan fingerprint density at radius 3 is 2.11 bits per heavy atom. The molecule has 0 aromatic heterocycles. The molecule has 0 radical (unpaired) electrons. The molecular formula is C5H9F2NS. The van der Waals surface area contributed by atoms with Crippen molar-refractivity contribution in [3.8, 4) is 0 Å². The number of nitrogens with zero attached hydrogens (tertiary/aromatic N) is 1. The summed E-state index contributed by atoms with van der Waals surface area (Å²) >= 11 is 3.99. The van der Waals surface area contributed by atoms with Gasteiger partial charge in [-0.25, -0.2) is 8.78 Å². The molecule has 0 saturated carbocycles. The second-order valence-corrected chi connectivity index (χ2v) is 3.14. The van der Waals surface area contributed by atoms with Crippen LogP contribution < -0.4 is 0 Å². The van der Waals surface area contributed by atoms with Crippen molar-refractivity contribution in [2.45, 2.75) is 18.2 Å². The summed E-state index contributed by atoms with van der Waals surface area (Å²) in [4.78, 5) is 1.61. The van der Waals surface area contributed by atoms with Gasteiger partial charge in [0.1, 0.15) is 0 Å². The molecule has 1 rings (SSSR count). The lowest BCUT2D eigenvalue weighted by atomic mass is 10.1. The molecule has 0 aromatic carbocycles. The summed E-state index contributed by atoms with van der Waals surface area (Å²) < 4.78 is 24.1. The Bertz CT molecular complexity index is 108. The van der Waals surface area contributed by atoms with E-state index in [1.807, 2.05) is 0 Å². The average molecular weight is 153 g/mol. The van der Waals surface area contributed by atoms with Crippen molar-refractivity contribution in [1.82, 2.24) is 4.90 Å². The van der Waals surface area contributed by atoms with Crippen molar-refractivity contribution >= 4 is 12.6 Å². The van der Waals surface area contributed by atoms with Crippen LogP contribution in [0, 0.1) is 0 Å². The molecule has 0 N–H and O–H groups in total. The van der Waals surface area contributed by atoms with Crippen LogP contribution in [0.5, 0.6) is 0 Å². The maximum absolute atomic E-state index is 12.1. The van der Waals surface area contributed by atoms with E-state index in [0.29, 0.717) is 0 Å². The van der Waals surface area contributed by atoms with E-state index in [4.69, 9.17) is 0 Å². The zero-order valence-corrected chi connectivity index (χ0v) is 6.04. The number of halogens is 2. The number of hydrogen-bond donors (Lipinski definition) is 1. The van der Waals surface area contributed by atoms with Crippen LogP contribution in [-0.2, 0) is 0 Å². The zero-order chi connectivity index (χ0) is 7.07. The molecule has 54 valence electrons. The maximum Gasteiger partial charge on any atom is 0.273 e. The summed E-state index contributed by atoms with van der Waals surface area (Å²) in [5.74, 6) is -2.45. The fraction of sp³-hybridized carbons (Fsp3) is 1.00. The Morgan fingerprint density at radius 1 is 1.56 bits per heavy atom. The average Bonchev–Trinajstić information content (AvgIpc) is 1.59. The SMILES string of the molecule is CC(S)N1CC(F)(F)C1. The molecule has 0 amide bonds. The first-order chi connectivity index (χ1) is 4.01. The predicted octanol–water partition coefficient (Wildman–Crippen LogP) is 1.21. The van der Waals surface area contributed by atoms with E-state index in [1.165, 1.54) is 0 Å². The number of hydrogen-bond acceptors (Lipinski definition) is 2. The Kier molecular flexibility index (Phi) is 1.69. The lowest BCUT2D eigenvalue weighted by Gasteiger charge is -2.40. The Hall–Kier alpha value is 0.170. The van der Waals surface area contributed by atoms with Crippen molar-refractivity contribution in [2.24, 2.45) is 0 Å². The molecule has 1 aliphatic heterocycles. The van der Waals surface area contributed by atoms with E-state index in [2.05, 4.69) is 12.6 Å². The van der Waals surface area contributed by atoms with Gasteiger partial charge >= 0.3 is 0 Å². The van der Waals surface area contributed by atoms with Gasteiger partial charge in [-0.15, -0.1) is 0 Å². The summed E-state index contributed by atoms with van der Waals surface area (Å²) in [6.45, 7) is 1.54. The number of alkyl halides is 2. The first-order valence-corrected chi connectivity index (χ1v) is 3.33. The Labute approximate surface area is 58.4 Å². The maximum atomic E-state index is 12.1. The summed E-state index contributed by atoms with van der Waals surface area (Å²) in [5.41, 5.74) is 0. The molecule has 1 atom stereocenters. The molecule has 0 aliphatic carbocycles. The smallest absolute Gasteiger partial charge is 0.273 e. The summed E-state index contributed by atoms with van der Waals surface area (Å²) in [6.07, 6.45) is 0. The molecule has 1 aliphatic rings. The second kappa shape index (κ2) is 2.09. The Balaban J connectivity index is 2.27. The van der Waals surface area contributed by atoms with E-state index in [-0.39, 0.29) is 18.5 Å². The van der Waals surface area contributed by atoms with E-state index in [9.17, 15) is 8.78 Å². The second-order valence-electron chi connectivity index (χ2n) is 2.39. The zero-order valence-electron chi connectivity index (χ0n) is 5.14. The third-order valence-electron chi connectivity index (χ3n) is 1.40. The summed E-state index contributed by atoms with van der Waals surface area (Å²) in [5, 5.41) is -0.0374.